The summed E-state index contributed by atoms with van der Waals surface area (Å²) >= 11 is 6.34. The third-order valence-corrected chi connectivity index (χ3v) is 3.59. The second-order valence-electron chi connectivity index (χ2n) is 3.45. The fourth-order valence-electron chi connectivity index (χ4n) is 1.30. The first-order valence-electron chi connectivity index (χ1n) is 4.58. The van der Waals surface area contributed by atoms with Crippen LogP contribution in [0, 0.1) is 0 Å². The van der Waals surface area contributed by atoms with E-state index in [1.165, 1.54) is 18.9 Å². The van der Waals surface area contributed by atoms with Crippen LogP contribution in [0.4, 0.5) is 0 Å². The number of thioether (sulfide) groups is 1. The Kier molecular flexibility index (Phi) is 4.10. The predicted octanol–water partition coefficient (Wildman–Crippen LogP) is 1.19. The number of ether oxygens (including phenoxy) is 1. The normalized spacial score (nSPS) is 21.3. The average Bonchev–Trinajstić information content (AvgIpc) is 2.41. The highest BCUT2D eigenvalue weighted by atomic mass is 32.2. The van der Waals surface area contributed by atoms with Crippen LogP contribution in [0.3, 0.4) is 0 Å². The molecule has 0 aromatic heterocycles. The Labute approximate surface area is 98.3 Å². The summed E-state index contributed by atoms with van der Waals surface area (Å²) < 4.78 is 5.07. The topological polar surface area (TPSA) is 46.6 Å². The van der Waals surface area contributed by atoms with Crippen LogP contribution in [0.15, 0.2) is 0 Å². The number of carbonyl (C=O) groups excluding carboxylic acids is 2. The second kappa shape index (κ2) is 4.94. The molecule has 1 amide bonds. The maximum absolute atomic E-state index is 11.8. The van der Waals surface area contributed by atoms with Gasteiger partial charge in [0.1, 0.15) is 9.57 Å². The number of esters is 1. The molecule has 0 aromatic rings. The molecule has 0 spiro atoms. The van der Waals surface area contributed by atoms with E-state index in [1.807, 2.05) is 13.8 Å². The van der Waals surface area contributed by atoms with Gasteiger partial charge in [0.25, 0.3) is 0 Å². The molecule has 4 nitrogen and oxygen atoms in total. The van der Waals surface area contributed by atoms with Crippen molar-refractivity contribution in [3.63, 3.8) is 0 Å². The van der Waals surface area contributed by atoms with E-state index in [4.69, 9.17) is 12.2 Å². The van der Waals surface area contributed by atoms with Crippen LogP contribution in [-0.4, -0.2) is 39.5 Å². The molecule has 1 saturated heterocycles. The first kappa shape index (κ1) is 12.4. The van der Waals surface area contributed by atoms with Crippen molar-refractivity contribution in [3.05, 3.63) is 0 Å². The van der Waals surface area contributed by atoms with Crippen LogP contribution >= 0.6 is 24.0 Å². The fourth-order valence-corrected chi connectivity index (χ4v) is 3.04. The van der Waals surface area contributed by atoms with Gasteiger partial charge in [0.05, 0.1) is 13.5 Å². The van der Waals surface area contributed by atoms with Gasteiger partial charge in [-0.15, -0.1) is 0 Å². The van der Waals surface area contributed by atoms with Crippen LogP contribution in [0.1, 0.15) is 20.3 Å². The van der Waals surface area contributed by atoms with Crippen molar-refractivity contribution in [2.24, 2.45) is 0 Å². The van der Waals surface area contributed by atoms with E-state index in [0.29, 0.717) is 4.32 Å². The third kappa shape index (κ3) is 2.69. The number of thiocarbonyl (C=S) groups is 1. The van der Waals surface area contributed by atoms with Gasteiger partial charge in [-0.1, -0.05) is 24.0 Å². The molecule has 0 unspecified atom stereocenters. The first-order valence-corrected chi connectivity index (χ1v) is 5.86. The molecule has 1 aliphatic rings. The summed E-state index contributed by atoms with van der Waals surface area (Å²) in [6, 6.07) is 0.0418. The Balaban J connectivity index is 2.69. The lowest BCUT2D eigenvalue weighted by atomic mass is 10.2. The number of hydrogen-bond acceptors (Lipinski definition) is 5. The van der Waals surface area contributed by atoms with Gasteiger partial charge in [-0.25, -0.2) is 0 Å². The van der Waals surface area contributed by atoms with E-state index in [-0.39, 0.29) is 24.3 Å². The number of nitrogens with zero attached hydrogens (tertiary/aromatic N) is 1. The second-order valence-corrected chi connectivity index (χ2v) is 5.29. The van der Waals surface area contributed by atoms with Gasteiger partial charge in [-0.2, -0.15) is 0 Å². The highest BCUT2D eigenvalue weighted by Crippen LogP contribution is 2.31. The Morgan fingerprint density at radius 2 is 2.27 bits per heavy atom. The lowest BCUT2D eigenvalue weighted by molar-refractivity contribution is -0.142. The van der Waals surface area contributed by atoms with Crippen LogP contribution < -0.4 is 0 Å². The van der Waals surface area contributed by atoms with Gasteiger partial charge in [-0.3, -0.25) is 14.5 Å². The van der Waals surface area contributed by atoms with Crippen molar-refractivity contribution < 1.29 is 14.3 Å². The highest BCUT2D eigenvalue weighted by Gasteiger charge is 2.39. The zero-order valence-electron chi connectivity index (χ0n) is 8.85. The molecule has 0 saturated carbocycles. The maximum atomic E-state index is 11.8. The molecule has 6 heteroatoms. The molecule has 1 rings (SSSR count). The zero-order valence-corrected chi connectivity index (χ0v) is 10.5. The van der Waals surface area contributed by atoms with E-state index in [1.54, 1.807) is 4.90 Å². The van der Waals surface area contributed by atoms with E-state index in [9.17, 15) is 9.59 Å². The van der Waals surface area contributed by atoms with Gasteiger partial charge >= 0.3 is 5.97 Å². The van der Waals surface area contributed by atoms with Crippen molar-refractivity contribution in [3.8, 4) is 0 Å². The molecule has 0 aromatic carbocycles. The minimum Gasteiger partial charge on any atom is -0.469 e. The lowest BCUT2D eigenvalue weighted by Gasteiger charge is -2.19. The highest BCUT2D eigenvalue weighted by molar-refractivity contribution is 8.24. The van der Waals surface area contributed by atoms with Crippen LogP contribution in [0.2, 0.25) is 0 Å². The molecule has 1 heterocycles. The SMILES string of the molecule is COC(=O)C[C@@H]1SC(=S)N(C(C)C)C1=O. The van der Waals surface area contributed by atoms with E-state index < -0.39 is 5.25 Å². The minimum atomic E-state index is -0.410. The molecule has 0 bridgehead atoms. The van der Waals surface area contributed by atoms with Gasteiger partial charge in [-0.05, 0) is 13.8 Å². The van der Waals surface area contributed by atoms with E-state index in [0.717, 1.165) is 0 Å². The van der Waals surface area contributed by atoms with Gasteiger partial charge in [0, 0.05) is 6.04 Å². The summed E-state index contributed by atoms with van der Waals surface area (Å²) in [5.41, 5.74) is 0. The van der Waals surface area contributed by atoms with Crippen LogP contribution in [-0.2, 0) is 14.3 Å². The summed E-state index contributed by atoms with van der Waals surface area (Å²) in [5.74, 6) is -0.473. The number of amides is 1. The van der Waals surface area contributed by atoms with Crippen molar-refractivity contribution in [1.29, 1.82) is 0 Å². The molecule has 15 heavy (non-hydrogen) atoms. The van der Waals surface area contributed by atoms with E-state index in [2.05, 4.69) is 4.74 Å². The van der Waals surface area contributed by atoms with Gasteiger partial charge in [0.2, 0.25) is 5.91 Å². The quantitative estimate of drug-likeness (QED) is 0.554. The number of rotatable bonds is 3. The molecule has 0 aliphatic carbocycles. The Morgan fingerprint density at radius 3 is 2.67 bits per heavy atom. The molecule has 84 valence electrons. The molecule has 1 aliphatic heterocycles. The largest absolute Gasteiger partial charge is 0.469 e. The molecule has 1 atom stereocenters. The van der Waals surface area contributed by atoms with Crippen molar-refractivity contribution in [2.75, 3.05) is 7.11 Å². The predicted molar refractivity (Wildman–Crippen MR) is 62.6 cm³/mol. The van der Waals surface area contributed by atoms with Crippen LogP contribution in [0.5, 0.6) is 0 Å². The minimum absolute atomic E-state index is 0.0418. The zero-order chi connectivity index (χ0) is 11.6. The fraction of sp³-hybridized carbons (Fsp3) is 0.667. The molecular weight excluding hydrogens is 234 g/mol. The Morgan fingerprint density at radius 1 is 1.67 bits per heavy atom. The number of hydrogen-bond donors (Lipinski definition) is 0. The smallest absolute Gasteiger partial charge is 0.307 e. The Bertz CT molecular complexity index is 304. The molecule has 1 fully saturated rings. The number of carbonyl (C=O) groups is 2. The number of methoxy groups -OCH3 is 1. The molecular formula is C9H13NO3S2. The summed E-state index contributed by atoms with van der Waals surface area (Å²) in [7, 11) is 1.31. The first-order chi connectivity index (χ1) is 6.97. The van der Waals surface area contributed by atoms with Gasteiger partial charge in [0.15, 0.2) is 0 Å². The lowest BCUT2D eigenvalue weighted by Crippen LogP contribution is -2.37. The van der Waals surface area contributed by atoms with Crippen molar-refractivity contribution >= 4 is 40.2 Å². The summed E-state index contributed by atoms with van der Waals surface area (Å²) in [4.78, 5) is 24.4. The third-order valence-electron chi connectivity index (χ3n) is 2.05. The maximum Gasteiger partial charge on any atom is 0.307 e. The van der Waals surface area contributed by atoms with E-state index >= 15 is 0 Å². The standard InChI is InChI=1S/C9H13NO3S2/c1-5(2)10-8(12)6(15-9(10)14)4-7(11)13-3/h5-6H,4H2,1-3H3/t6-/m0/s1. The molecule has 0 radical (unpaired) electrons. The molecule has 0 N–H and O–H groups in total. The van der Waals surface area contributed by atoms with Gasteiger partial charge < -0.3 is 4.74 Å². The Hall–Kier alpha value is -0.620. The van der Waals surface area contributed by atoms with Crippen LogP contribution in [0.25, 0.3) is 0 Å². The monoisotopic (exact) mass is 247 g/mol. The summed E-state index contributed by atoms with van der Waals surface area (Å²) in [6.07, 6.45) is 0.0867. The van der Waals surface area contributed by atoms with Crippen molar-refractivity contribution in [2.45, 2.75) is 31.6 Å². The summed E-state index contributed by atoms with van der Waals surface area (Å²) in [6.45, 7) is 3.79. The average molecular weight is 247 g/mol. The summed E-state index contributed by atoms with van der Waals surface area (Å²) in [5, 5.41) is -0.410. The van der Waals surface area contributed by atoms with Crippen molar-refractivity contribution in [1.82, 2.24) is 4.90 Å².